The maximum absolute atomic E-state index is 13.2. The first-order valence-electron chi connectivity index (χ1n) is 12.5. The van der Waals surface area contributed by atoms with Crippen molar-refractivity contribution in [1.82, 2.24) is 19.9 Å². The summed E-state index contributed by atoms with van der Waals surface area (Å²) < 4.78 is 8.49. The van der Waals surface area contributed by atoms with Gasteiger partial charge < -0.3 is 19.9 Å². The average Bonchev–Trinajstić information content (AvgIpc) is 2.98. The highest BCUT2D eigenvalue weighted by Crippen LogP contribution is 2.24. The first-order chi connectivity index (χ1) is 19.4. The lowest BCUT2D eigenvalue weighted by Crippen LogP contribution is -2.24. The smallest absolute Gasteiger partial charge is 0.270 e. The van der Waals surface area contributed by atoms with Gasteiger partial charge in [0.2, 0.25) is 5.43 Å². The van der Waals surface area contributed by atoms with Gasteiger partial charge in [-0.25, -0.2) is 4.98 Å². The van der Waals surface area contributed by atoms with Crippen molar-refractivity contribution in [2.24, 2.45) is 0 Å². The van der Waals surface area contributed by atoms with Gasteiger partial charge in [-0.05, 0) is 73.2 Å². The number of aromatic nitrogens is 3. The van der Waals surface area contributed by atoms with Crippen molar-refractivity contribution in [2.45, 2.75) is 13.3 Å². The van der Waals surface area contributed by atoms with E-state index in [1.54, 1.807) is 59.3 Å². The van der Waals surface area contributed by atoms with Crippen LogP contribution in [0.1, 0.15) is 34.2 Å². The summed E-state index contributed by atoms with van der Waals surface area (Å²) in [6.07, 6.45) is 5.44. The number of anilines is 1. The molecule has 0 radical (unpaired) electrons. The predicted octanol–water partition coefficient (Wildman–Crippen LogP) is 5.73. The van der Waals surface area contributed by atoms with E-state index in [1.165, 1.54) is 12.4 Å². The van der Waals surface area contributed by atoms with Crippen LogP contribution in [-0.4, -0.2) is 32.9 Å². The first kappa shape index (κ1) is 26.8. The van der Waals surface area contributed by atoms with E-state index in [9.17, 15) is 14.4 Å². The molecule has 9 nitrogen and oxygen atoms in total. The Kier molecular flexibility index (Phi) is 7.97. The number of carbonyl (C=O) groups is 2. The van der Waals surface area contributed by atoms with Gasteiger partial charge in [-0.1, -0.05) is 22.9 Å². The second-order valence-electron chi connectivity index (χ2n) is 8.81. The van der Waals surface area contributed by atoms with E-state index in [2.05, 4.69) is 36.5 Å². The Morgan fingerprint density at radius 2 is 1.70 bits per heavy atom. The number of nitrogens with one attached hydrogen (secondary N) is 2. The predicted molar refractivity (Wildman–Crippen MR) is 156 cm³/mol. The van der Waals surface area contributed by atoms with Crippen molar-refractivity contribution >= 4 is 44.5 Å². The van der Waals surface area contributed by atoms with E-state index < -0.39 is 11.3 Å². The molecule has 0 saturated heterocycles. The van der Waals surface area contributed by atoms with E-state index in [0.29, 0.717) is 34.8 Å². The second kappa shape index (κ2) is 11.9. The van der Waals surface area contributed by atoms with Gasteiger partial charge in [0.05, 0.1) is 5.39 Å². The van der Waals surface area contributed by atoms with Gasteiger partial charge in [-0.2, -0.15) is 0 Å². The van der Waals surface area contributed by atoms with Crippen molar-refractivity contribution in [3.63, 3.8) is 0 Å². The minimum absolute atomic E-state index is 0.0191. The van der Waals surface area contributed by atoms with Gasteiger partial charge in [0.25, 0.3) is 11.8 Å². The topological polar surface area (TPSA) is 115 Å². The maximum atomic E-state index is 13.2. The van der Waals surface area contributed by atoms with Crippen molar-refractivity contribution in [3.05, 3.63) is 117 Å². The van der Waals surface area contributed by atoms with Crippen molar-refractivity contribution in [1.29, 1.82) is 0 Å². The van der Waals surface area contributed by atoms with E-state index in [4.69, 9.17) is 4.74 Å². The Balaban J connectivity index is 1.36. The Hall–Kier alpha value is -4.83. The maximum Gasteiger partial charge on any atom is 0.270 e. The normalized spacial score (nSPS) is 10.8. The van der Waals surface area contributed by atoms with E-state index in [-0.39, 0.29) is 17.2 Å². The van der Waals surface area contributed by atoms with Crippen LogP contribution in [0.25, 0.3) is 16.7 Å². The van der Waals surface area contributed by atoms with Crippen LogP contribution >= 0.6 is 15.9 Å². The third-order valence-corrected chi connectivity index (χ3v) is 6.49. The number of pyridine rings is 3. The summed E-state index contributed by atoms with van der Waals surface area (Å²) in [6.45, 7) is 2.53. The van der Waals surface area contributed by atoms with Crippen LogP contribution in [0.5, 0.6) is 11.5 Å². The zero-order valence-corrected chi connectivity index (χ0v) is 23.0. The lowest BCUT2D eigenvalue weighted by molar-refractivity contribution is 0.0947. The van der Waals surface area contributed by atoms with Gasteiger partial charge in [0.1, 0.15) is 28.4 Å². The molecule has 0 spiro atoms. The average molecular weight is 598 g/mol. The molecule has 2 amide bonds. The number of carbonyl (C=O) groups excluding carboxylic acids is 2. The number of nitrogens with zero attached hydrogens (tertiary/aromatic N) is 3. The molecule has 200 valence electrons. The molecule has 0 unspecified atom stereocenters. The highest BCUT2D eigenvalue weighted by Gasteiger charge is 2.17. The quantitative estimate of drug-likeness (QED) is 0.236. The number of ether oxygens (including phenoxy) is 1. The summed E-state index contributed by atoms with van der Waals surface area (Å²) in [6, 6.07) is 20.7. The molecule has 0 aliphatic rings. The Morgan fingerprint density at radius 1 is 0.925 bits per heavy atom. The van der Waals surface area contributed by atoms with Crippen LogP contribution in [0.3, 0.4) is 0 Å². The Bertz CT molecular complexity index is 1750. The molecule has 0 aliphatic carbocycles. The number of hydrogen-bond donors (Lipinski definition) is 2. The minimum atomic E-state index is -0.549. The fourth-order valence-electron chi connectivity index (χ4n) is 3.99. The molecule has 0 fully saturated rings. The molecule has 3 aromatic heterocycles. The zero-order chi connectivity index (χ0) is 28.1. The summed E-state index contributed by atoms with van der Waals surface area (Å²) in [5, 5.41) is 5.90. The third-order valence-electron chi connectivity index (χ3n) is 5.96. The summed E-state index contributed by atoms with van der Waals surface area (Å²) in [7, 11) is 0. The molecule has 10 heteroatoms. The summed E-state index contributed by atoms with van der Waals surface area (Å²) >= 11 is 3.43. The molecule has 0 aliphatic heterocycles. The van der Waals surface area contributed by atoms with Crippen LogP contribution in [0.4, 0.5) is 5.69 Å². The lowest BCUT2D eigenvalue weighted by atomic mass is 10.1. The molecule has 0 bridgehead atoms. The molecule has 5 rings (SSSR count). The molecule has 2 aromatic carbocycles. The molecule has 0 atom stereocenters. The summed E-state index contributed by atoms with van der Waals surface area (Å²) in [5.41, 5.74) is 1.51. The highest BCUT2D eigenvalue weighted by atomic mass is 79.9. The molecule has 0 saturated carbocycles. The number of hydrogen-bond acceptors (Lipinski definition) is 6. The number of halogens is 1. The third kappa shape index (κ3) is 5.92. The second-order valence-corrected chi connectivity index (χ2v) is 9.72. The van der Waals surface area contributed by atoms with Gasteiger partial charge >= 0.3 is 0 Å². The number of rotatable bonds is 8. The monoisotopic (exact) mass is 597 g/mol. The standard InChI is InChI=1S/C30H24BrN5O4/c1-2-14-34-30(39)26-17-23(13-16-32-26)40-22-11-7-20(8-12-22)35-29(38)25-18-36(21-9-5-19(31)6-10-21)28-24(27(25)37)4-3-15-33-28/h3-13,15-18H,2,14H2,1H3,(H,34,39)(H,35,38). The van der Waals surface area contributed by atoms with E-state index >= 15 is 0 Å². The number of benzene rings is 2. The van der Waals surface area contributed by atoms with E-state index in [0.717, 1.165) is 16.6 Å². The Labute approximate surface area is 238 Å². The number of amides is 2. The van der Waals surface area contributed by atoms with Crippen LogP contribution in [0.2, 0.25) is 0 Å². The lowest BCUT2D eigenvalue weighted by Gasteiger charge is -2.13. The van der Waals surface area contributed by atoms with Crippen molar-refractivity contribution in [3.8, 4) is 17.2 Å². The molecule has 40 heavy (non-hydrogen) atoms. The Morgan fingerprint density at radius 3 is 2.45 bits per heavy atom. The molecule has 5 aromatic rings. The van der Waals surface area contributed by atoms with Crippen LogP contribution < -0.4 is 20.8 Å². The van der Waals surface area contributed by atoms with Crippen LogP contribution in [0.15, 0.2) is 101 Å². The summed E-state index contributed by atoms with van der Waals surface area (Å²) in [5.74, 6) is 0.131. The SMILES string of the molecule is CCCNC(=O)c1cc(Oc2ccc(NC(=O)c3cn(-c4ccc(Br)cc4)c4ncccc4c3=O)cc2)ccn1. The van der Waals surface area contributed by atoms with E-state index in [1.807, 2.05) is 31.2 Å². The zero-order valence-electron chi connectivity index (χ0n) is 21.4. The first-order valence-corrected chi connectivity index (χ1v) is 13.3. The van der Waals surface area contributed by atoms with Crippen LogP contribution in [0, 0.1) is 0 Å². The molecule has 3 heterocycles. The fraction of sp³-hybridized carbons (Fsp3) is 0.100. The van der Waals surface area contributed by atoms with Crippen molar-refractivity contribution in [2.75, 3.05) is 11.9 Å². The number of fused-ring (bicyclic) bond motifs is 1. The minimum Gasteiger partial charge on any atom is -0.457 e. The van der Waals surface area contributed by atoms with Crippen molar-refractivity contribution < 1.29 is 14.3 Å². The summed E-state index contributed by atoms with van der Waals surface area (Å²) in [4.78, 5) is 47.1. The molecular weight excluding hydrogens is 574 g/mol. The van der Waals surface area contributed by atoms with Gasteiger partial charge in [0, 0.05) is 47.0 Å². The highest BCUT2D eigenvalue weighted by molar-refractivity contribution is 9.10. The van der Waals surface area contributed by atoms with Crippen LogP contribution in [-0.2, 0) is 0 Å². The largest absolute Gasteiger partial charge is 0.457 e. The van der Waals surface area contributed by atoms with Gasteiger partial charge in [0.15, 0.2) is 0 Å². The molecule has 2 N–H and O–H groups in total. The molecular formula is C30H24BrN5O4. The van der Waals surface area contributed by atoms with Gasteiger partial charge in [-0.3, -0.25) is 19.4 Å². The fourth-order valence-corrected chi connectivity index (χ4v) is 4.25. The van der Waals surface area contributed by atoms with Gasteiger partial charge in [-0.15, -0.1) is 0 Å².